The summed E-state index contributed by atoms with van der Waals surface area (Å²) in [5.74, 6) is 0.886. The number of benzene rings is 1. The Morgan fingerprint density at radius 3 is 2.68 bits per heavy atom. The van der Waals surface area contributed by atoms with Crippen molar-refractivity contribution in [2.75, 3.05) is 6.54 Å². The second-order valence-electron chi connectivity index (χ2n) is 5.01. The minimum atomic E-state index is -0.0552. The van der Waals surface area contributed by atoms with Gasteiger partial charge in [-0.15, -0.1) is 0 Å². The first-order valence-electron chi connectivity index (χ1n) is 6.73. The third kappa shape index (κ3) is 6.25. The van der Waals surface area contributed by atoms with Crippen LogP contribution in [-0.2, 0) is 4.79 Å². The van der Waals surface area contributed by atoms with Crippen molar-refractivity contribution in [3.63, 3.8) is 0 Å². The molecule has 19 heavy (non-hydrogen) atoms. The number of para-hydroxylation sites is 1. The molecule has 0 aliphatic heterocycles. The van der Waals surface area contributed by atoms with E-state index in [1.54, 1.807) is 0 Å². The number of nitrogens with two attached hydrogens (primary N) is 1. The number of nitrogens with one attached hydrogen (secondary N) is 1. The van der Waals surface area contributed by atoms with Gasteiger partial charge in [0.15, 0.2) is 0 Å². The molecule has 4 heteroatoms. The van der Waals surface area contributed by atoms with Crippen LogP contribution in [0.25, 0.3) is 0 Å². The maximum absolute atomic E-state index is 11.5. The van der Waals surface area contributed by atoms with Crippen LogP contribution < -0.4 is 15.8 Å². The number of ether oxygens (including phenoxy) is 1. The maximum atomic E-state index is 11.5. The van der Waals surface area contributed by atoms with E-state index in [9.17, 15) is 4.79 Å². The number of hydrogen-bond donors (Lipinski definition) is 2. The van der Waals surface area contributed by atoms with Crippen LogP contribution in [0.3, 0.4) is 0 Å². The fraction of sp³-hybridized carbons (Fsp3) is 0.533. The van der Waals surface area contributed by atoms with E-state index in [0.717, 1.165) is 11.3 Å². The van der Waals surface area contributed by atoms with Gasteiger partial charge in [-0.3, -0.25) is 4.79 Å². The first-order chi connectivity index (χ1) is 8.99. The van der Waals surface area contributed by atoms with E-state index in [2.05, 4.69) is 5.32 Å². The van der Waals surface area contributed by atoms with E-state index in [1.165, 1.54) is 0 Å². The zero-order chi connectivity index (χ0) is 14.3. The van der Waals surface area contributed by atoms with E-state index in [-0.39, 0.29) is 18.1 Å². The molecule has 1 aromatic rings. The van der Waals surface area contributed by atoms with Crippen LogP contribution in [0.1, 0.15) is 32.3 Å². The van der Waals surface area contributed by atoms with Gasteiger partial charge in [0.05, 0.1) is 6.54 Å². The van der Waals surface area contributed by atoms with Crippen LogP contribution >= 0.6 is 0 Å². The van der Waals surface area contributed by atoms with Gasteiger partial charge in [0.25, 0.3) is 0 Å². The summed E-state index contributed by atoms with van der Waals surface area (Å²) in [6, 6.07) is 7.91. The summed E-state index contributed by atoms with van der Waals surface area (Å²) in [6.07, 6.45) is 1.12. The van der Waals surface area contributed by atoms with E-state index >= 15 is 0 Å². The van der Waals surface area contributed by atoms with Crippen molar-refractivity contribution in [1.29, 1.82) is 0 Å². The second kappa shape index (κ2) is 7.79. The Morgan fingerprint density at radius 2 is 2.05 bits per heavy atom. The highest BCUT2D eigenvalue weighted by Crippen LogP contribution is 2.17. The van der Waals surface area contributed by atoms with Gasteiger partial charge in [-0.1, -0.05) is 18.2 Å². The SMILES string of the molecule is Cc1ccccc1OC(C)CNC(=O)CCC(C)N. The van der Waals surface area contributed by atoms with Crippen LogP contribution in [-0.4, -0.2) is 24.6 Å². The molecule has 0 aliphatic rings. The number of hydrogen-bond acceptors (Lipinski definition) is 3. The molecule has 1 amide bonds. The van der Waals surface area contributed by atoms with Crippen LogP contribution in [0.4, 0.5) is 0 Å². The van der Waals surface area contributed by atoms with Gasteiger partial charge < -0.3 is 15.8 Å². The molecule has 0 aliphatic carbocycles. The molecule has 0 radical (unpaired) electrons. The number of carbonyl (C=O) groups excluding carboxylic acids is 1. The smallest absolute Gasteiger partial charge is 0.220 e. The quantitative estimate of drug-likeness (QED) is 0.791. The number of amides is 1. The van der Waals surface area contributed by atoms with Gasteiger partial charge in [0.2, 0.25) is 5.91 Å². The standard InChI is InChI=1S/C15H24N2O2/c1-11-6-4-5-7-14(11)19-13(3)10-17-15(18)9-8-12(2)16/h4-7,12-13H,8-10,16H2,1-3H3,(H,17,18). The molecule has 2 atom stereocenters. The Kier molecular flexibility index (Phi) is 6.36. The molecule has 0 aromatic heterocycles. The molecular weight excluding hydrogens is 240 g/mol. The molecule has 2 unspecified atom stereocenters. The van der Waals surface area contributed by atoms with Gasteiger partial charge in [-0.25, -0.2) is 0 Å². The van der Waals surface area contributed by atoms with Gasteiger partial charge in [-0.05, 0) is 38.8 Å². The predicted molar refractivity (Wildman–Crippen MR) is 77.2 cm³/mol. The molecule has 106 valence electrons. The number of aryl methyl sites for hydroxylation is 1. The van der Waals surface area contributed by atoms with Crippen molar-refractivity contribution < 1.29 is 9.53 Å². The van der Waals surface area contributed by atoms with E-state index < -0.39 is 0 Å². The fourth-order valence-corrected chi connectivity index (χ4v) is 1.65. The highest BCUT2D eigenvalue weighted by Gasteiger charge is 2.08. The summed E-state index contributed by atoms with van der Waals surface area (Å²) in [5, 5.41) is 2.86. The normalized spacial score (nSPS) is 13.7. The first-order valence-corrected chi connectivity index (χ1v) is 6.73. The number of rotatable bonds is 7. The molecule has 0 saturated heterocycles. The van der Waals surface area contributed by atoms with Crippen LogP contribution in [0.15, 0.2) is 24.3 Å². The van der Waals surface area contributed by atoms with Crippen molar-refractivity contribution in [3.05, 3.63) is 29.8 Å². The summed E-state index contributed by atoms with van der Waals surface area (Å²) < 4.78 is 5.78. The molecule has 3 N–H and O–H groups in total. The monoisotopic (exact) mass is 264 g/mol. The molecule has 1 aromatic carbocycles. The fourth-order valence-electron chi connectivity index (χ4n) is 1.65. The van der Waals surface area contributed by atoms with Gasteiger partial charge in [0.1, 0.15) is 11.9 Å². The average molecular weight is 264 g/mol. The van der Waals surface area contributed by atoms with Gasteiger partial charge >= 0.3 is 0 Å². The van der Waals surface area contributed by atoms with Crippen LogP contribution in [0, 0.1) is 6.92 Å². The minimum absolute atomic E-state index is 0.0255. The zero-order valence-corrected chi connectivity index (χ0v) is 12.0. The largest absolute Gasteiger partial charge is 0.489 e. The Bertz CT molecular complexity index is 405. The summed E-state index contributed by atoms with van der Waals surface area (Å²) in [5.41, 5.74) is 6.71. The van der Waals surface area contributed by atoms with E-state index in [4.69, 9.17) is 10.5 Å². The van der Waals surface area contributed by atoms with E-state index in [0.29, 0.717) is 19.4 Å². The van der Waals surface area contributed by atoms with Crippen molar-refractivity contribution in [1.82, 2.24) is 5.32 Å². The molecule has 0 saturated carbocycles. The lowest BCUT2D eigenvalue weighted by Gasteiger charge is -2.17. The second-order valence-corrected chi connectivity index (χ2v) is 5.01. The topological polar surface area (TPSA) is 64.3 Å². The number of carbonyl (C=O) groups is 1. The van der Waals surface area contributed by atoms with E-state index in [1.807, 2.05) is 45.0 Å². The molecule has 1 rings (SSSR count). The maximum Gasteiger partial charge on any atom is 0.220 e. The lowest BCUT2D eigenvalue weighted by atomic mass is 10.2. The van der Waals surface area contributed by atoms with Crippen molar-refractivity contribution in [3.8, 4) is 5.75 Å². The first kappa shape index (κ1) is 15.5. The third-order valence-corrected chi connectivity index (χ3v) is 2.84. The van der Waals surface area contributed by atoms with Crippen LogP contribution in [0.2, 0.25) is 0 Å². The zero-order valence-electron chi connectivity index (χ0n) is 12.0. The van der Waals surface area contributed by atoms with Crippen molar-refractivity contribution >= 4 is 5.91 Å². The minimum Gasteiger partial charge on any atom is -0.489 e. The summed E-state index contributed by atoms with van der Waals surface area (Å²) in [4.78, 5) is 11.5. The average Bonchev–Trinajstić information content (AvgIpc) is 2.36. The molecule has 0 bridgehead atoms. The van der Waals surface area contributed by atoms with Gasteiger partial charge in [0, 0.05) is 12.5 Å². The predicted octanol–water partition coefficient (Wildman–Crippen LogP) is 2.01. The van der Waals surface area contributed by atoms with Crippen molar-refractivity contribution in [2.45, 2.75) is 45.8 Å². The summed E-state index contributed by atoms with van der Waals surface area (Å²) in [7, 11) is 0. The van der Waals surface area contributed by atoms with Crippen molar-refractivity contribution in [2.24, 2.45) is 5.73 Å². The lowest BCUT2D eigenvalue weighted by molar-refractivity contribution is -0.121. The van der Waals surface area contributed by atoms with Gasteiger partial charge in [-0.2, -0.15) is 0 Å². The molecular formula is C15H24N2O2. The molecule has 0 fully saturated rings. The lowest BCUT2D eigenvalue weighted by Crippen LogP contribution is -2.34. The Balaban J connectivity index is 2.30. The highest BCUT2D eigenvalue weighted by atomic mass is 16.5. The Morgan fingerprint density at radius 1 is 1.37 bits per heavy atom. The van der Waals surface area contributed by atoms with Crippen LogP contribution in [0.5, 0.6) is 5.75 Å². The molecule has 4 nitrogen and oxygen atoms in total. The highest BCUT2D eigenvalue weighted by molar-refractivity contribution is 5.75. The summed E-state index contributed by atoms with van der Waals surface area (Å²) >= 11 is 0. The Labute approximate surface area is 115 Å². The summed E-state index contributed by atoms with van der Waals surface area (Å²) in [6.45, 7) is 6.35. The third-order valence-electron chi connectivity index (χ3n) is 2.84. The molecule has 0 spiro atoms. The Hall–Kier alpha value is -1.55. The molecule has 0 heterocycles.